The Morgan fingerprint density at radius 1 is 1.17 bits per heavy atom. The van der Waals surface area contributed by atoms with Crippen molar-refractivity contribution in [2.24, 2.45) is 0 Å². The van der Waals surface area contributed by atoms with Crippen LogP contribution < -0.4 is 0 Å². The third-order valence-electron chi connectivity index (χ3n) is 2.33. The van der Waals surface area contributed by atoms with Crippen LogP contribution >= 0.6 is 0 Å². The summed E-state index contributed by atoms with van der Waals surface area (Å²) in [5.41, 5.74) is -0.197. The van der Waals surface area contributed by atoms with Gasteiger partial charge in [-0.1, -0.05) is 0 Å². The lowest BCUT2D eigenvalue weighted by molar-refractivity contribution is -0.143. The molecule has 0 aliphatic rings. The van der Waals surface area contributed by atoms with Gasteiger partial charge in [0.1, 0.15) is 11.6 Å². The molecule has 1 aromatic rings. The number of halogens is 2. The van der Waals surface area contributed by atoms with Gasteiger partial charge in [0, 0.05) is 6.42 Å². The zero-order valence-electron chi connectivity index (χ0n) is 10.3. The molecule has 0 N–H and O–H groups in total. The molecule has 3 nitrogen and oxygen atoms in total. The van der Waals surface area contributed by atoms with E-state index in [9.17, 15) is 18.4 Å². The molecular formula is C13H14F2O3. The van der Waals surface area contributed by atoms with Crippen LogP contribution in [-0.4, -0.2) is 18.4 Å². The van der Waals surface area contributed by atoms with Gasteiger partial charge in [0.15, 0.2) is 5.78 Å². The Hall–Kier alpha value is -1.78. The first-order valence-electron chi connectivity index (χ1n) is 5.60. The summed E-state index contributed by atoms with van der Waals surface area (Å²) in [5, 5.41) is 0. The van der Waals surface area contributed by atoms with Crippen molar-refractivity contribution < 1.29 is 23.1 Å². The molecule has 0 aromatic heterocycles. The zero-order valence-corrected chi connectivity index (χ0v) is 10.3. The van der Waals surface area contributed by atoms with E-state index in [2.05, 4.69) is 4.74 Å². The van der Waals surface area contributed by atoms with E-state index < -0.39 is 29.0 Å². The van der Waals surface area contributed by atoms with Gasteiger partial charge in [-0.15, -0.1) is 0 Å². The van der Waals surface area contributed by atoms with E-state index in [1.165, 1.54) is 6.92 Å². The summed E-state index contributed by atoms with van der Waals surface area (Å²) in [5.74, 6) is -3.10. The number of ether oxygens (including phenoxy) is 1. The van der Waals surface area contributed by atoms with Crippen LogP contribution in [0.5, 0.6) is 0 Å². The smallest absolute Gasteiger partial charge is 0.306 e. The quantitative estimate of drug-likeness (QED) is 0.601. The highest BCUT2D eigenvalue weighted by atomic mass is 19.1. The van der Waals surface area contributed by atoms with Crippen molar-refractivity contribution in [1.82, 2.24) is 0 Å². The zero-order chi connectivity index (χ0) is 13.7. The maximum absolute atomic E-state index is 13.5. The van der Waals surface area contributed by atoms with Crippen LogP contribution in [0.25, 0.3) is 0 Å². The minimum absolute atomic E-state index is 0.181. The first-order chi connectivity index (χ1) is 8.45. The molecule has 0 fully saturated rings. The SMILES string of the molecule is CCOC(=O)CCC(=O)c1c(F)cc(C)cc1F. The van der Waals surface area contributed by atoms with Crippen molar-refractivity contribution in [1.29, 1.82) is 0 Å². The lowest BCUT2D eigenvalue weighted by atomic mass is 10.0. The Labute approximate surface area is 104 Å². The van der Waals surface area contributed by atoms with Crippen molar-refractivity contribution >= 4 is 11.8 Å². The number of aryl methyl sites for hydroxylation is 1. The van der Waals surface area contributed by atoms with Crippen LogP contribution in [0.2, 0.25) is 0 Å². The van der Waals surface area contributed by atoms with Crippen molar-refractivity contribution in [3.63, 3.8) is 0 Å². The average Bonchev–Trinajstić information content (AvgIpc) is 2.25. The van der Waals surface area contributed by atoms with Gasteiger partial charge in [-0.2, -0.15) is 0 Å². The predicted molar refractivity (Wildman–Crippen MR) is 61.3 cm³/mol. The summed E-state index contributed by atoms with van der Waals surface area (Å²) in [6, 6.07) is 2.17. The Balaban J connectivity index is 2.76. The molecular weight excluding hydrogens is 242 g/mol. The highest BCUT2D eigenvalue weighted by Crippen LogP contribution is 2.17. The normalized spacial score (nSPS) is 10.2. The second-order valence-corrected chi connectivity index (χ2v) is 3.83. The molecule has 0 spiro atoms. The third kappa shape index (κ3) is 3.61. The van der Waals surface area contributed by atoms with Gasteiger partial charge in [0.25, 0.3) is 0 Å². The number of esters is 1. The molecule has 0 radical (unpaired) electrons. The number of rotatable bonds is 5. The molecule has 0 heterocycles. The van der Waals surface area contributed by atoms with Gasteiger partial charge >= 0.3 is 5.97 Å². The Morgan fingerprint density at radius 2 is 1.72 bits per heavy atom. The van der Waals surface area contributed by atoms with Gasteiger partial charge < -0.3 is 4.74 Å². The van der Waals surface area contributed by atoms with Crippen LogP contribution in [0.4, 0.5) is 8.78 Å². The van der Waals surface area contributed by atoms with Gasteiger partial charge in [-0.25, -0.2) is 8.78 Å². The van der Waals surface area contributed by atoms with E-state index in [0.717, 1.165) is 12.1 Å². The molecule has 1 aromatic carbocycles. The second kappa shape index (κ2) is 6.23. The molecule has 0 saturated heterocycles. The highest BCUT2D eigenvalue weighted by Gasteiger charge is 2.18. The van der Waals surface area contributed by atoms with Crippen LogP contribution in [0.1, 0.15) is 35.7 Å². The van der Waals surface area contributed by atoms with E-state index in [4.69, 9.17) is 0 Å². The largest absolute Gasteiger partial charge is 0.466 e. The summed E-state index contributed by atoms with van der Waals surface area (Å²) in [6.07, 6.45) is -0.449. The lowest BCUT2D eigenvalue weighted by Gasteiger charge is -2.05. The minimum atomic E-state index is -0.902. The first kappa shape index (κ1) is 14.3. The Morgan fingerprint density at radius 3 is 2.22 bits per heavy atom. The number of Topliss-reactive ketones (excluding diaryl/α,β-unsaturated/α-hetero) is 1. The van der Waals surface area contributed by atoms with E-state index >= 15 is 0 Å². The monoisotopic (exact) mass is 256 g/mol. The lowest BCUT2D eigenvalue weighted by Crippen LogP contribution is -2.11. The van der Waals surface area contributed by atoms with Crippen molar-refractivity contribution in [2.45, 2.75) is 26.7 Å². The summed E-state index contributed by atoms with van der Waals surface area (Å²) < 4.78 is 31.5. The van der Waals surface area contributed by atoms with E-state index in [1.807, 2.05) is 0 Å². The molecule has 18 heavy (non-hydrogen) atoms. The first-order valence-corrected chi connectivity index (χ1v) is 5.60. The van der Waals surface area contributed by atoms with Crippen LogP contribution in [0.3, 0.4) is 0 Å². The Bertz CT molecular complexity index is 446. The van der Waals surface area contributed by atoms with Crippen molar-refractivity contribution in [2.75, 3.05) is 6.61 Å². The van der Waals surface area contributed by atoms with Crippen LogP contribution in [-0.2, 0) is 9.53 Å². The van der Waals surface area contributed by atoms with Gasteiger partial charge in [0.2, 0.25) is 0 Å². The molecule has 0 unspecified atom stereocenters. The van der Waals surface area contributed by atoms with Crippen LogP contribution in [0, 0.1) is 18.6 Å². The number of hydrogen-bond acceptors (Lipinski definition) is 3. The predicted octanol–water partition coefficient (Wildman–Crippen LogP) is 2.80. The molecule has 5 heteroatoms. The fourth-order valence-electron chi connectivity index (χ4n) is 1.54. The van der Waals surface area contributed by atoms with Crippen molar-refractivity contribution in [3.8, 4) is 0 Å². The second-order valence-electron chi connectivity index (χ2n) is 3.83. The minimum Gasteiger partial charge on any atom is -0.466 e. The fourth-order valence-corrected chi connectivity index (χ4v) is 1.54. The van der Waals surface area contributed by atoms with Crippen molar-refractivity contribution in [3.05, 3.63) is 34.9 Å². The molecule has 0 bridgehead atoms. The molecule has 1 rings (SSSR count). The van der Waals surface area contributed by atoms with E-state index in [1.54, 1.807) is 6.92 Å². The maximum Gasteiger partial charge on any atom is 0.306 e. The van der Waals surface area contributed by atoms with E-state index in [0.29, 0.717) is 5.56 Å². The van der Waals surface area contributed by atoms with Gasteiger partial charge in [0.05, 0.1) is 18.6 Å². The van der Waals surface area contributed by atoms with Crippen LogP contribution in [0.15, 0.2) is 12.1 Å². The van der Waals surface area contributed by atoms with Gasteiger partial charge in [-0.3, -0.25) is 9.59 Å². The topological polar surface area (TPSA) is 43.4 Å². The molecule has 0 aliphatic carbocycles. The number of carbonyl (C=O) groups is 2. The number of carbonyl (C=O) groups excluding carboxylic acids is 2. The fraction of sp³-hybridized carbons (Fsp3) is 0.385. The van der Waals surface area contributed by atoms with E-state index in [-0.39, 0.29) is 19.4 Å². The summed E-state index contributed by atoms with van der Waals surface area (Å²) >= 11 is 0. The molecule has 0 amide bonds. The number of benzene rings is 1. The number of hydrogen-bond donors (Lipinski definition) is 0. The number of ketones is 1. The average molecular weight is 256 g/mol. The third-order valence-corrected chi connectivity index (χ3v) is 2.33. The molecule has 0 atom stereocenters. The summed E-state index contributed by atoms with van der Waals surface area (Å²) in [4.78, 5) is 22.7. The van der Waals surface area contributed by atoms with Gasteiger partial charge in [-0.05, 0) is 31.5 Å². The standard InChI is InChI=1S/C13H14F2O3/c1-3-18-12(17)5-4-11(16)13-9(14)6-8(2)7-10(13)15/h6-7H,3-5H2,1-2H3. The molecule has 98 valence electrons. The highest BCUT2D eigenvalue weighted by molar-refractivity contribution is 5.98. The summed E-state index contributed by atoms with van der Waals surface area (Å²) in [7, 11) is 0. The molecule has 0 saturated carbocycles. The molecule has 0 aliphatic heterocycles. The summed E-state index contributed by atoms with van der Waals surface area (Å²) in [6.45, 7) is 3.37. The maximum atomic E-state index is 13.5. The Kier molecular flexibility index (Phi) is 4.95.